The Balaban J connectivity index is 1.93. The number of imidazole rings is 1. The second kappa shape index (κ2) is 6.19. The first kappa shape index (κ1) is 14.1. The molecule has 0 spiro atoms. The highest BCUT2D eigenvalue weighted by Gasteiger charge is 2.26. The second-order valence-electron chi connectivity index (χ2n) is 5.61. The molecule has 1 atom stereocenters. The highest BCUT2D eigenvalue weighted by atomic mass is 16.5. The molecule has 1 aromatic heterocycles. The molecule has 1 aliphatic carbocycles. The minimum Gasteiger partial charge on any atom is -0.468 e. The summed E-state index contributed by atoms with van der Waals surface area (Å²) in [7, 11) is 1.44. The first-order valence-electron chi connectivity index (χ1n) is 6.93. The predicted octanol–water partition coefficient (Wildman–Crippen LogP) is 1.90. The maximum absolute atomic E-state index is 11.7. The van der Waals surface area contributed by atoms with Crippen LogP contribution < -0.4 is 5.32 Å². The van der Waals surface area contributed by atoms with Crippen LogP contribution in [0.2, 0.25) is 0 Å². The molecule has 1 N–H and O–H groups in total. The van der Waals surface area contributed by atoms with E-state index in [1.54, 1.807) is 0 Å². The van der Waals surface area contributed by atoms with Crippen molar-refractivity contribution in [3.8, 4) is 0 Å². The van der Waals surface area contributed by atoms with Gasteiger partial charge in [-0.1, -0.05) is 13.8 Å². The number of nitrogens with one attached hydrogen (secondary N) is 1. The van der Waals surface area contributed by atoms with Gasteiger partial charge in [-0.05, 0) is 25.2 Å². The Morgan fingerprint density at radius 3 is 2.89 bits per heavy atom. The molecule has 0 aromatic carbocycles. The molecule has 5 nitrogen and oxygen atoms in total. The summed E-state index contributed by atoms with van der Waals surface area (Å²) in [4.78, 5) is 15.9. The molecule has 1 unspecified atom stereocenters. The fourth-order valence-corrected chi connectivity index (χ4v) is 2.25. The number of rotatable bonds is 7. The van der Waals surface area contributed by atoms with Crippen LogP contribution in [0.5, 0.6) is 0 Å². The van der Waals surface area contributed by atoms with Crippen molar-refractivity contribution in [3.63, 3.8) is 0 Å². The number of hydrogen-bond donors (Lipinski definition) is 1. The topological polar surface area (TPSA) is 56.1 Å². The van der Waals surface area contributed by atoms with Gasteiger partial charge in [0.05, 0.1) is 19.1 Å². The Morgan fingerprint density at radius 2 is 2.32 bits per heavy atom. The number of aromatic nitrogens is 2. The lowest BCUT2D eigenvalue weighted by Crippen LogP contribution is -2.38. The van der Waals surface area contributed by atoms with Crippen LogP contribution in [-0.2, 0) is 16.1 Å². The highest BCUT2D eigenvalue weighted by molar-refractivity contribution is 5.75. The molecule has 5 heteroatoms. The number of methoxy groups -OCH3 is 1. The van der Waals surface area contributed by atoms with Crippen molar-refractivity contribution in [1.82, 2.24) is 14.9 Å². The molecule has 1 saturated carbocycles. The van der Waals surface area contributed by atoms with Gasteiger partial charge >= 0.3 is 5.97 Å². The van der Waals surface area contributed by atoms with Gasteiger partial charge in [0.15, 0.2) is 0 Å². The average Bonchev–Trinajstić information content (AvgIpc) is 3.12. The zero-order chi connectivity index (χ0) is 13.8. The summed E-state index contributed by atoms with van der Waals surface area (Å²) in [5.74, 6) is 0.260. The molecule has 0 saturated heterocycles. The van der Waals surface area contributed by atoms with Crippen molar-refractivity contribution in [3.05, 3.63) is 18.2 Å². The lowest BCUT2D eigenvalue weighted by atomic mass is 10.0. The number of carbonyl (C=O) groups is 1. The average molecular weight is 265 g/mol. The first-order chi connectivity index (χ1) is 9.11. The molecular weight excluding hydrogens is 242 g/mol. The molecule has 1 heterocycles. The Kier molecular flexibility index (Phi) is 4.58. The molecule has 0 amide bonds. The van der Waals surface area contributed by atoms with Crippen molar-refractivity contribution < 1.29 is 9.53 Å². The Bertz CT molecular complexity index is 424. The van der Waals surface area contributed by atoms with E-state index >= 15 is 0 Å². The molecular formula is C14H23N3O2. The summed E-state index contributed by atoms with van der Waals surface area (Å²) in [6, 6.07) is 0.369. The molecule has 0 radical (unpaired) electrons. The van der Waals surface area contributed by atoms with Gasteiger partial charge < -0.3 is 9.30 Å². The standard InChI is InChI=1S/C14H23N3O2/c1-10(2)6-13(14(18)19-3)16-8-12-7-15-9-17(12)11-4-5-11/h7,9-11,13,16H,4-6,8H2,1-3H3. The fourth-order valence-electron chi connectivity index (χ4n) is 2.25. The molecule has 1 aromatic rings. The van der Waals surface area contributed by atoms with E-state index in [0.29, 0.717) is 18.5 Å². The van der Waals surface area contributed by atoms with E-state index in [0.717, 1.165) is 12.1 Å². The van der Waals surface area contributed by atoms with Gasteiger partial charge in [0, 0.05) is 18.8 Å². The highest BCUT2D eigenvalue weighted by Crippen LogP contribution is 2.35. The van der Waals surface area contributed by atoms with Crippen LogP contribution in [0.25, 0.3) is 0 Å². The summed E-state index contributed by atoms with van der Waals surface area (Å²) in [5, 5.41) is 3.29. The molecule has 19 heavy (non-hydrogen) atoms. The molecule has 0 aliphatic heterocycles. The number of nitrogens with zero attached hydrogens (tertiary/aromatic N) is 2. The summed E-state index contributed by atoms with van der Waals surface area (Å²) in [6.45, 7) is 4.86. The Labute approximate surface area is 114 Å². The van der Waals surface area contributed by atoms with Gasteiger partial charge in [-0.15, -0.1) is 0 Å². The van der Waals surface area contributed by atoms with Crippen LogP contribution in [0.1, 0.15) is 44.8 Å². The molecule has 0 bridgehead atoms. The SMILES string of the molecule is COC(=O)C(CC(C)C)NCc1cncn1C1CC1. The molecule has 2 rings (SSSR count). The largest absolute Gasteiger partial charge is 0.468 e. The van der Waals surface area contributed by atoms with Crippen LogP contribution >= 0.6 is 0 Å². The van der Waals surface area contributed by atoms with Gasteiger partial charge in [-0.2, -0.15) is 0 Å². The van der Waals surface area contributed by atoms with Crippen molar-refractivity contribution in [2.45, 2.75) is 51.7 Å². The lowest BCUT2D eigenvalue weighted by molar-refractivity contribution is -0.143. The fraction of sp³-hybridized carbons (Fsp3) is 0.714. The van der Waals surface area contributed by atoms with Crippen LogP contribution in [0, 0.1) is 5.92 Å². The maximum atomic E-state index is 11.7. The zero-order valence-corrected chi connectivity index (χ0v) is 11.9. The minimum absolute atomic E-state index is 0.189. The van der Waals surface area contributed by atoms with Crippen LogP contribution in [0.4, 0.5) is 0 Å². The summed E-state index contributed by atoms with van der Waals surface area (Å²) in [6.07, 6.45) is 7.00. The van der Waals surface area contributed by atoms with E-state index < -0.39 is 0 Å². The van der Waals surface area contributed by atoms with Crippen molar-refractivity contribution >= 4 is 5.97 Å². The van der Waals surface area contributed by atoms with E-state index in [4.69, 9.17) is 4.74 Å². The predicted molar refractivity (Wildman–Crippen MR) is 72.6 cm³/mol. The molecule has 1 aliphatic rings. The lowest BCUT2D eigenvalue weighted by Gasteiger charge is -2.18. The first-order valence-corrected chi connectivity index (χ1v) is 6.93. The van der Waals surface area contributed by atoms with Gasteiger partial charge in [-0.25, -0.2) is 4.98 Å². The summed E-state index contributed by atoms with van der Waals surface area (Å²) >= 11 is 0. The van der Waals surface area contributed by atoms with Gasteiger partial charge in [0.25, 0.3) is 0 Å². The molecule has 1 fully saturated rings. The number of hydrogen-bond acceptors (Lipinski definition) is 4. The number of esters is 1. The third kappa shape index (κ3) is 3.80. The van der Waals surface area contributed by atoms with Crippen LogP contribution in [-0.4, -0.2) is 28.7 Å². The van der Waals surface area contributed by atoms with Crippen molar-refractivity contribution in [1.29, 1.82) is 0 Å². The quantitative estimate of drug-likeness (QED) is 0.765. The van der Waals surface area contributed by atoms with Crippen LogP contribution in [0.15, 0.2) is 12.5 Å². The minimum atomic E-state index is -0.243. The Morgan fingerprint density at radius 1 is 1.58 bits per heavy atom. The van der Waals surface area contributed by atoms with E-state index in [1.807, 2.05) is 12.5 Å². The third-order valence-corrected chi connectivity index (χ3v) is 3.41. The van der Waals surface area contributed by atoms with Crippen molar-refractivity contribution in [2.24, 2.45) is 5.92 Å². The Hall–Kier alpha value is -1.36. The van der Waals surface area contributed by atoms with E-state index in [2.05, 4.69) is 28.7 Å². The van der Waals surface area contributed by atoms with Crippen LogP contribution in [0.3, 0.4) is 0 Å². The number of ether oxygens (including phenoxy) is 1. The van der Waals surface area contributed by atoms with Crippen molar-refractivity contribution in [2.75, 3.05) is 7.11 Å². The summed E-state index contributed by atoms with van der Waals surface area (Å²) < 4.78 is 7.05. The van der Waals surface area contributed by atoms with E-state index in [-0.39, 0.29) is 12.0 Å². The van der Waals surface area contributed by atoms with E-state index in [1.165, 1.54) is 20.0 Å². The monoisotopic (exact) mass is 265 g/mol. The maximum Gasteiger partial charge on any atom is 0.322 e. The van der Waals surface area contributed by atoms with E-state index in [9.17, 15) is 4.79 Å². The summed E-state index contributed by atoms with van der Waals surface area (Å²) in [5.41, 5.74) is 1.14. The second-order valence-corrected chi connectivity index (χ2v) is 5.61. The zero-order valence-electron chi connectivity index (χ0n) is 11.9. The molecule has 106 valence electrons. The van der Waals surface area contributed by atoms with Gasteiger partial charge in [-0.3, -0.25) is 10.1 Å². The van der Waals surface area contributed by atoms with Gasteiger partial charge in [0.2, 0.25) is 0 Å². The normalized spacial score (nSPS) is 16.6. The third-order valence-electron chi connectivity index (χ3n) is 3.41. The number of carbonyl (C=O) groups excluding carboxylic acids is 1. The van der Waals surface area contributed by atoms with Gasteiger partial charge in [0.1, 0.15) is 6.04 Å². The smallest absolute Gasteiger partial charge is 0.322 e.